The van der Waals surface area contributed by atoms with Crippen molar-refractivity contribution in [3.8, 4) is 0 Å². The Labute approximate surface area is 170 Å². The van der Waals surface area contributed by atoms with Gasteiger partial charge in [-0.1, -0.05) is 12.1 Å². The third-order valence-electron chi connectivity index (χ3n) is 5.73. The molecule has 1 aliphatic carbocycles. The Kier molecular flexibility index (Phi) is 5.94. The third kappa shape index (κ3) is 3.92. The summed E-state index contributed by atoms with van der Waals surface area (Å²) < 4.78 is 7.38. The maximum absolute atomic E-state index is 13.2. The Morgan fingerprint density at radius 1 is 1.46 bits per heavy atom. The van der Waals surface area contributed by atoms with Crippen LogP contribution in [0.2, 0.25) is 0 Å². The van der Waals surface area contributed by atoms with E-state index < -0.39 is 0 Å². The van der Waals surface area contributed by atoms with Gasteiger partial charge >= 0.3 is 0 Å². The number of thiophene rings is 1. The lowest BCUT2D eigenvalue weighted by Crippen LogP contribution is -2.42. The summed E-state index contributed by atoms with van der Waals surface area (Å²) in [7, 11) is 2.19. The van der Waals surface area contributed by atoms with Crippen LogP contribution in [-0.4, -0.2) is 64.9 Å². The van der Waals surface area contributed by atoms with Crippen molar-refractivity contribution in [2.45, 2.75) is 38.4 Å². The van der Waals surface area contributed by atoms with E-state index in [4.69, 9.17) is 9.84 Å². The van der Waals surface area contributed by atoms with Crippen LogP contribution in [0, 0.1) is 0 Å². The number of hydrogen-bond donors (Lipinski definition) is 0. The lowest BCUT2D eigenvalue weighted by Gasteiger charge is -2.32. The van der Waals surface area contributed by atoms with Crippen molar-refractivity contribution in [3.05, 3.63) is 52.0 Å². The van der Waals surface area contributed by atoms with Crippen LogP contribution in [0.3, 0.4) is 0 Å². The van der Waals surface area contributed by atoms with Crippen LogP contribution in [0.25, 0.3) is 0 Å². The molecular formula is C21H28N4O2S. The zero-order valence-corrected chi connectivity index (χ0v) is 17.3. The Hall–Kier alpha value is -1.96. The lowest BCUT2D eigenvalue weighted by atomic mass is 9.90. The molecule has 0 radical (unpaired) electrons. The molecule has 0 bridgehead atoms. The summed E-state index contributed by atoms with van der Waals surface area (Å²) in [4.78, 5) is 18.9. The molecule has 4 rings (SSSR count). The molecule has 0 saturated carbocycles. The highest BCUT2D eigenvalue weighted by molar-refractivity contribution is 7.09. The first-order valence-electron chi connectivity index (χ1n) is 9.96. The van der Waals surface area contributed by atoms with Gasteiger partial charge in [-0.2, -0.15) is 5.10 Å². The van der Waals surface area contributed by atoms with Crippen LogP contribution in [0.5, 0.6) is 0 Å². The number of carbonyl (C=O) groups is 1. The second-order valence-corrected chi connectivity index (χ2v) is 8.57. The molecule has 1 amide bonds. The smallest absolute Gasteiger partial charge is 0.274 e. The van der Waals surface area contributed by atoms with Crippen molar-refractivity contribution in [1.29, 1.82) is 0 Å². The van der Waals surface area contributed by atoms with Crippen LogP contribution in [-0.2, 0) is 30.7 Å². The van der Waals surface area contributed by atoms with E-state index in [9.17, 15) is 4.79 Å². The van der Waals surface area contributed by atoms with Gasteiger partial charge < -0.3 is 9.64 Å². The van der Waals surface area contributed by atoms with Gasteiger partial charge in [0.25, 0.3) is 5.91 Å². The van der Waals surface area contributed by atoms with E-state index in [0.717, 1.165) is 31.4 Å². The Balaban J connectivity index is 1.57. The highest BCUT2D eigenvalue weighted by Crippen LogP contribution is 2.29. The molecule has 0 spiro atoms. The minimum absolute atomic E-state index is 0.0453. The topological polar surface area (TPSA) is 50.6 Å². The molecule has 28 heavy (non-hydrogen) atoms. The first-order chi connectivity index (χ1) is 13.7. The number of fused-ring (bicyclic) bond motifs is 1. The van der Waals surface area contributed by atoms with Gasteiger partial charge in [0.1, 0.15) is 0 Å². The summed E-state index contributed by atoms with van der Waals surface area (Å²) in [6, 6.07) is 4.71. The molecule has 1 saturated heterocycles. The highest BCUT2D eigenvalue weighted by atomic mass is 32.1. The summed E-state index contributed by atoms with van der Waals surface area (Å²) in [6.07, 6.45) is 4.76. The Morgan fingerprint density at radius 2 is 2.29 bits per heavy atom. The second-order valence-electron chi connectivity index (χ2n) is 7.54. The van der Waals surface area contributed by atoms with Crippen molar-refractivity contribution in [1.82, 2.24) is 19.6 Å². The van der Waals surface area contributed by atoms with Crippen molar-refractivity contribution < 1.29 is 9.53 Å². The van der Waals surface area contributed by atoms with E-state index in [1.807, 2.05) is 15.7 Å². The summed E-state index contributed by atoms with van der Waals surface area (Å²) in [5.74, 6) is 0.0453. The van der Waals surface area contributed by atoms with Gasteiger partial charge in [0, 0.05) is 41.8 Å². The fourth-order valence-electron chi connectivity index (χ4n) is 4.18. The number of amides is 1. The highest BCUT2D eigenvalue weighted by Gasteiger charge is 2.32. The molecule has 0 aromatic carbocycles. The monoisotopic (exact) mass is 400 g/mol. The maximum atomic E-state index is 13.2. The number of allylic oxidation sites excluding steroid dienone is 1. The molecular weight excluding hydrogens is 372 g/mol. The minimum Gasteiger partial charge on any atom is -0.378 e. The standard InChI is InChI=1S/C21H28N4O2S/c1-3-8-25-19-7-6-16(23(2)15-17-5-4-13-28-17)14-18(19)20(22-25)21(26)24-9-11-27-12-10-24/h3-5,13,16H,1,6-12,14-15H2,2H3. The summed E-state index contributed by atoms with van der Waals surface area (Å²) in [5, 5.41) is 6.85. The first kappa shape index (κ1) is 19.4. The van der Waals surface area contributed by atoms with Crippen molar-refractivity contribution in [2.24, 2.45) is 0 Å². The molecule has 2 aromatic rings. The van der Waals surface area contributed by atoms with E-state index in [0.29, 0.717) is 44.6 Å². The van der Waals surface area contributed by atoms with Gasteiger partial charge in [-0.3, -0.25) is 14.4 Å². The molecule has 1 fully saturated rings. The van der Waals surface area contributed by atoms with Crippen LogP contribution in [0.15, 0.2) is 30.2 Å². The van der Waals surface area contributed by atoms with Gasteiger partial charge in [-0.25, -0.2) is 0 Å². The molecule has 0 N–H and O–H groups in total. The molecule has 3 heterocycles. The molecule has 2 aromatic heterocycles. The van der Waals surface area contributed by atoms with Gasteiger partial charge in [-0.05, 0) is 37.8 Å². The molecule has 150 valence electrons. The van der Waals surface area contributed by atoms with Crippen molar-refractivity contribution in [2.75, 3.05) is 33.4 Å². The zero-order chi connectivity index (χ0) is 19.5. The molecule has 1 unspecified atom stereocenters. The van der Waals surface area contributed by atoms with Gasteiger partial charge in [0.15, 0.2) is 5.69 Å². The number of likely N-dealkylation sites (N-methyl/N-ethyl adjacent to an activating group) is 1. The molecule has 1 atom stereocenters. The number of carbonyl (C=O) groups excluding carboxylic acids is 1. The minimum atomic E-state index is 0.0453. The molecule has 7 heteroatoms. The predicted molar refractivity (Wildman–Crippen MR) is 111 cm³/mol. The van der Waals surface area contributed by atoms with E-state index in [-0.39, 0.29) is 5.91 Å². The maximum Gasteiger partial charge on any atom is 0.274 e. The third-order valence-corrected chi connectivity index (χ3v) is 6.59. The number of hydrogen-bond acceptors (Lipinski definition) is 5. The van der Waals surface area contributed by atoms with Crippen LogP contribution in [0.1, 0.15) is 33.0 Å². The SMILES string of the molecule is C=CCn1nc(C(=O)N2CCOCC2)c2c1CCC(N(C)Cc1cccs1)C2. The van der Waals surface area contributed by atoms with E-state index >= 15 is 0 Å². The zero-order valence-electron chi connectivity index (χ0n) is 16.5. The Morgan fingerprint density at radius 3 is 3.00 bits per heavy atom. The van der Waals surface area contributed by atoms with Crippen LogP contribution in [0.4, 0.5) is 0 Å². The van der Waals surface area contributed by atoms with Gasteiger partial charge in [0.2, 0.25) is 0 Å². The summed E-state index contributed by atoms with van der Waals surface area (Å²) in [6.45, 7) is 7.95. The molecule has 2 aliphatic rings. The fourth-order valence-corrected chi connectivity index (χ4v) is 4.95. The van der Waals surface area contributed by atoms with Crippen LogP contribution >= 0.6 is 11.3 Å². The number of ether oxygens (including phenoxy) is 1. The van der Waals surface area contributed by atoms with Gasteiger partial charge in [0.05, 0.1) is 19.8 Å². The largest absolute Gasteiger partial charge is 0.378 e. The second kappa shape index (κ2) is 8.59. The lowest BCUT2D eigenvalue weighted by molar-refractivity contribution is 0.0297. The van der Waals surface area contributed by atoms with Gasteiger partial charge in [-0.15, -0.1) is 17.9 Å². The van der Waals surface area contributed by atoms with E-state index in [2.05, 4.69) is 36.0 Å². The fraction of sp³-hybridized carbons (Fsp3) is 0.524. The summed E-state index contributed by atoms with van der Waals surface area (Å²) >= 11 is 1.80. The molecule has 6 nitrogen and oxygen atoms in total. The van der Waals surface area contributed by atoms with E-state index in [1.165, 1.54) is 10.6 Å². The number of morpholine rings is 1. The van der Waals surface area contributed by atoms with Crippen molar-refractivity contribution in [3.63, 3.8) is 0 Å². The van der Waals surface area contributed by atoms with E-state index in [1.54, 1.807) is 11.3 Å². The average Bonchev–Trinajstić information content (AvgIpc) is 3.36. The number of rotatable bonds is 6. The van der Waals surface area contributed by atoms with Crippen LogP contribution < -0.4 is 0 Å². The number of aromatic nitrogens is 2. The number of nitrogens with zero attached hydrogens (tertiary/aromatic N) is 4. The normalized spacial score (nSPS) is 19.6. The first-order valence-corrected chi connectivity index (χ1v) is 10.8. The molecule has 1 aliphatic heterocycles. The predicted octanol–water partition coefficient (Wildman–Crippen LogP) is 2.59. The van der Waals surface area contributed by atoms with Crippen molar-refractivity contribution >= 4 is 17.2 Å². The average molecular weight is 401 g/mol. The summed E-state index contributed by atoms with van der Waals surface area (Å²) in [5.41, 5.74) is 2.97. The Bertz CT molecular complexity index is 824. The quantitative estimate of drug-likeness (QED) is 0.700.